The largest absolute Gasteiger partial charge is 0.303 e. The molecule has 0 aliphatic heterocycles. The fraction of sp³-hybridized carbons (Fsp3) is 1.00. The molecule has 0 heterocycles. The molecule has 15 heavy (non-hydrogen) atoms. The van der Waals surface area contributed by atoms with Crippen LogP contribution in [0.3, 0.4) is 0 Å². The van der Waals surface area contributed by atoms with Crippen LogP contribution in [-0.4, -0.2) is 30.3 Å². The van der Waals surface area contributed by atoms with E-state index in [1.54, 1.807) is 0 Å². The Hall–Kier alpha value is 0.310. The molecule has 1 aliphatic rings. The number of thiol groups is 1. The minimum absolute atomic E-state index is 0.848. The molecule has 0 aromatic heterocycles. The summed E-state index contributed by atoms with van der Waals surface area (Å²) in [5, 5.41) is 0. The SMILES string of the molecule is CCCN(CCC(C)CCS)CC1CC1. The summed E-state index contributed by atoms with van der Waals surface area (Å²) in [4.78, 5) is 2.67. The minimum Gasteiger partial charge on any atom is -0.303 e. The Balaban J connectivity index is 2.11. The molecule has 2 heteroatoms. The first-order valence-corrected chi connectivity index (χ1v) is 7.22. The van der Waals surface area contributed by atoms with Crippen molar-refractivity contribution in [2.75, 3.05) is 25.4 Å². The van der Waals surface area contributed by atoms with Crippen molar-refractivity contribution in [2.24, 2.45) is 11.8 Å². The molecule has 1 rings (SSSR count). The Morgan fingerprint density at radius 1 is 1.27 bits per heavy atom. The van der Waals surface area contributed by atoms with Gasteiger partial charge in [-0.25, -0.2) is 0 Å². The van der Waals surface area contributed by atoms with Crippen LogP contribution in [0.5, 0.6) is 0 Å². The van der Waals surface area contributed by atoms with Crippen LogP contribution in [0.4, 0.5) is 0 Å². The molecule has 0 aromatic carbocycles. The van der Waals surface area contributed by atoms with Gasteiger partial charge in [0.05, 0.1) is 0 Å². The van der Waals surface area contributed by atoms with Gasteiger partial charge in [0.2, 0.25) is 0 Å². The van der Waals surface area contributed by atoms with E-state index >= 15 is 0 Å². The molecule has 0 saturated heterocycles. The molecule has 0 aromatic rings. The maximum Gasteiger partial charge on any atom is 0.000966 e. The Kier molecular flexibility index (Phi) is 6.74. The third-order valence-electron chi connectivity index (χ3n) is 3.31. The molecule has 0 N–H and O–H groups in total. The molecule has 1 fully saturated rings. The molecule has 1 aliphatic carbocycles. The number of hydrogen-bond donors (Lipinski definition) is 1. The van der Waals surface area contributed by atoms with E-state index in [9.17, 15) is 0 Å². The highest BCUT2D eigenvalue weighted by atomic mass is 32.1. The summed E-state index contributed by atoms with van der Waals surface area (Å²) in [5.74, 6) is 2.93. The zero-order valence-corrected chi connectivity index (χ0v) is 11.3. The van der Waals surface area contributed by atoms with E-state index in [1.807, 2.05) is 0 Å². The Bertz CT molecular complexity index is 157. The normalized spacial score (nSPS) is 18.4. The molecule has 0 spiro atoms. The summed E-state index contributed by atoms with van der Waals surface area (Å²) in [6, 6.07) is 0. The van der Waals surface area contributed by atoms with Crippen LogP contribution in [0.15, 0.2) is 0 Å². The highest BCUT2D eigenvalue weighted by Gasteiger charge is 2.23. The quantitative estimate of drug-likeness (QED) is 0.593. The van der Waals surface area contributed by atoms with E-state index in [4.69, 9.17) is 0 Å². The van der Waals surface area contributed by atoms with Crippen molar-refractivity contribution in [2.45, 2.75) is 46.0 Å². The van der Waals surface area contributed by atoms with E-state index in [-0.39, 0.29) is 0 Å². The molecule has 0 amide bonds. The van der Waals surface area contributed by atoms with Crippen molar-refractivity contribution in [3.63, 3.8) is 0 Å². The fourth-order valence-corrected chi connectivity index (χ4v) is 2.48. The molecule has 1 saturated carbocycles. The lowest BCUT2D eigenvalue weighted by Crippen LogP contribution is -2.29. The number of hydrogen-bond acceptors (Lipinski definition) is 2. The van der Waals surface area contributed by atoms with Crippen molar-refractivity contribution in [1.29, 1.82) is 0 Å². The molecule has 0 radical (unpaired) electrons. The van der Waals surface area contributed by atoms with Crippen LogP contribution < -0.4 is 0 Å². The molecule has 1 nitrogen and oxygen atoms in total. The first kappa shape index (κ1) is 13.4. The monoisotopic (exact) mass is 229 g/mol. The molecular formula is C13H27NS. The van der Waals surface area contributed by atoms with Crippen LogP contribution in [0.1, 0.15) is 46.0 Å². The van der Waals surface area contributed by atoms with Gasteiger partial charge in [-0.15, -0.1) is 0 Å². The smallest absolute Gasteiger partial charge is 0.000966 e. The van der Waals surface area contributed by atoms with Crippen LogP contribution in [-0.2, 0) is 0 Å². The van der Waals surface area contributed by atoms with Crippen LogP contribution >= 0.6 is 12.6 Å². The predicted molar refractivity (Wildman–Crippen MR) is 71.7 cm³/mol. The van der Waals surface area contributed by atoms with Crippen LogP contribution in [0.25, 0.3) is 0 Å². The van der Waals surface area contributed by atoms with Crippen molar-refractivity contribution in [3.8, 4) is 0 Å². The topological polar surface area (TPSA) is 3.24 Å². The van der Waals surface area contributed by atoms with Gasteiger partial charge in [0.1, 0.15) is 0 Å². The van der Waals surface area contributed by atoms with Gasteiger partial charge in [-0.1, -0.05) is 13.8 Å². The Labute approximate surface area is 101 Å². The molecule has 0 bridgehead atoms. The second-order valence-corrected chi connectivity index (χ2v) is 5.60. The van der Waals surface area contributed by atoms with Gasteiger partial charge in [-0.05, 0) is 62.8 Å². The standard InChI is InChI=1S/C13H27NS/c1-3-8-14(11-13-4-5-13)9-6-12(2)7-10-15/h12-13,15H,3-11H2,1-2H3. The van der Waals surface area contributed by atoms with Crippen molar-refractivity contribution >= 4 is 12.6 Å². The van der Waals surface area contributed by atoms with Crippen molar-refractivity contribution in [3.05, 3.63) is 0 Å². The van der Waals surface area contributed by atoms with Gasteiger partial charge in [0.25, 0.3) is 0 Å². The summed E-state index contributed by atoms with van der Waals surface area (Å²) in [5.41, 5.74) is 0. The van der Waals surface area contributed by atoms with Gasteiger partial charge >= 0.3 is 0 Å². The zero-order chi connectivity index (χ0) is 11.1. The van der Waals surface area contributed by atoms with E-state index in [1.165, 1.54) is 51.7 Å². The van der Waals surface area contributed by atoms with E-state index < -0.39 is 0 Å². The average molecular weight is 229 g/mol. The fourth-order valence-electron chi connectivity index (χ4n) is 2.04. The second-order valence-electron chi connectivity index (χ2n) is 5.15. The van der Waals surface area contributed by atoms with Crippen LogP contribution in [0.2, 0.25) is 0 Å². The van der Waals surface area contributed by atoms with Gasteiger partial charge in [-0.3, -0.25) is 0 Å². The molecule has 1 unspecified atom stereocenters. The van der Waals surface area contributed by atoms with Gasteiger partial charge in [-0.2, -0.15) is 12.6 Å². The molecule has 90 valence electrons. The molecule has 1 atom stereocenters. The number of rotatable bonds is 9. The third-order valence-corrected chi connectivity index (χ3v) is 3.57. The Morgan fingerprint density at radius 2 is 2.00 bits per heavy atom. The molecular weight excluding hydrogens is 202 g/mol. The first-order valence-electron chi connectivity index (χ1n) is 6.59. The highest BCUT2D eigenvalue weighted by Crippen LogP contribution is 2.29. The third kappa shape index (κ3) is 6.47. The first-order chi connectivity index (χ1) is 7.26. The lowest BCUT2D eigenvalue weighted by Gasteiger charge is -2.23. The summed E-state index contributed by atoms with van der Waals surface area (Å²) in [6.07, 6.45) is 6.88. The lowest BCUT2D eigenvalue weighted by atomic mass is 10.0. The summed E-state index contributed by atoms with van der Waals surface area (Å²) in [6.45, 7) is 8.61. The highest BCUT2D eigenvalue weighted by molar-refractivity contribution is 7.80. The predicted octanol–water partition coefficient (Wildman–Crippen LogP) is 3.45. The average Bonchev–Trinajstić information content (AvgIpc) is 2.99. The van der Waals surface area contributed by atoms with Gasteiger partial charge in [0, 0.05) is 6.54 Å². The lowest BCUT2D eigenvalue weighted by molar-refractivity contribution is 0.244. The zero-order valence-electron chi connectivity index (χ0n) is 10.4. The number of nitrogens with zero attached hydrogens (tertiary/aromatic N) is 1. The maximum absolute atomic E-state index is 4.30. The second kappa shape index (κ2) is 7.56. The van der Waals surface area contributed by atoms with Gasteiger partial charge in [0.15, 0.2) is 0 Å². The summed E-state index contributed by atoms with van der Waals surface area (Å²) >= 11 is 4.30. The Morgan fingerprint density at radius 3 is 2.53 bits per heavy atom. The van der Waals surface area contributed by atoms with Crippen LogP contribution in [0, 0.1) is 11.8 Å². The van der Waals surface area contributed by atoms with E-state index in [2.05, 4.69) is 31.4 Å². The van der Waals surface area contributed by atoms with Crippen molar-refractivity contribution in [1.82, 2.24) is 4.90 Å². The van der Waals surface area contributed by atoms with Gasteiger partial charge < -0.3 is 4.90 Å². The maximum atomic E-state index is 4.30. The summed E-state index contributed by atoms with van der Waals surface area (Å²) in [7, 11) is 0. The minimum atomic E-state index is 0.848. The van der Waals surface area contributed by atoms with E-state index in [0.29, 0.717) is 0 Å². The van der Waals surface area contributed by atoms with E-state index in [0.717, 1.165) is 17.6 Å². The van der Waals surface area contributed by atoms with Crippen molar-refractivity contribution < 1.29 is 0 Å². The summed E-state index contributed by atoms with van der Waals surface area (Å²) < 4.78 is 0.